The van der Waals surface area contributed by atoms with Crippen LogP contribution in [0.4, 0.5) is 0 Å². The Hall–Kier alpha value is -3.04. The molecule has 0 spiro atoms. The third-order valence-electron chi connectivity index (χ3n) is 5.43. The number of benzene rings is 1. The number of imidazole rings is 1. The Bertz CT molecular complexity index is 1350. The molecule has 4 aromatic rings. The van der Waals surface area contributed by atoms with Crippen LogP contribution in [0.2, 0.25) is 0 Å². The summed E-state index contributed by atoms with van der Waals surface area (Å²) in [5.74, 6) is -0.452. The molecule has 1 aromatic carbocycles. The smallest absolute Gasteiger partial charge is 0.348 e. The Morgan fingerprint density at radius 3 is 2.55 bits per heavy atom. The van der Waals surface area contributed by atoms with Gasteiger partial charge in [0, 0.05) is 0 Å². The molecule has 31 heavy (non-hydrogen) atoms. The fraction of sp³-hybridized carbons (Fsp3) is 0.364. The predicted octanol–water partition coefficient (Wildman–Crippen LogP) is 2.97. The van der Waals surface area contributed by atoms with Crippen LogP contribution in [0.25, 0.3) is 21.3 Å². The summed E-state index contributed by atoms with van der Waals surface area (Å²) in [6.07, 6.45) is 2.30. The van der Waals surface area contributed by atoms with Crippen molar-refractivity contribution in [3.63, 3.8) is 0 Å². The zero-order valence-corrected chi connectivity index (χ0v) is 18.7. The van der Waals surface area contributed by atoms with Crippen molar-refractivity contribution >= 4 is 38.6 Å². The van der Waals surface area contributed by atoms with Crippen LogP contribution in [0, 0.1) is 20.8 Å². The molecule has 4 rings (SSSR count). The molecular weight excluding hydrogens is 416 g/mol. The Morgan fingerprint density at radius 2 is 1.81 bits per heavy atom. The summed E-state index contributed by atoms with van der Waals surface area (Å²) in [5.41, 5.74) is 4.41. The van der Waals surface area contributed by atoms with Gasteiger partial charge in [-0.1, -0.05) is 0 Å². The number of carbonyl (C=O) groups is 1. The van der Waals surface area contributed by atoms with E-state index in [1.54, 1.807) is 20.2 Å². The second kappa shape index (κ2) is 8.24. The lowest BCUT2D eigenvalue weighted by molar-refractivity contribution is 0.0531. The Balaban J connectivity index is 1.60. The summed E-state index contributed by atoms with van der Waals surface area (Å²) >= 11 is 1.15. The summed E-state index contributed by atoms with van der Waals surface area (Å²) in [5, 5.41) is 11.1. The van der Waals surface area contributed by atoms with Crippen molar-refractivity contribution in [2.45, 2.75) is 46.9 Å². The van der Waals surface area contributed by atoms with Gasteiger partial charge in [0.1, 0.15) is 9.71 Å². The monoisotopic (exact) mass is 440 g/mol. The Labute approximate surface area is 182 Å². The number of aliphatic hydroxyl groups is 1. The lowest BCUT2D eigenvalue weighted by Gasteiger charge is -2.14. The molecule has 1 atom stereocenters. The number of hydrogen-bond donors (Lipinski definition) is 1. The van der Waals surface area contributed by atoms with E-state index in [1.807, 2.05) is 24.5 Å². The van der Waals surface area contributed by atoms with Crippen molar-refractivity contribution in [3.8, 4) is 0 Å². The van der Waals surface area contributed by atoms with E-state index in [0.29, 0.717) is 27.2 Å². The van der Waals surface area contributed by atoms with Crippen molar-refractivity contribution in [1.29, 1.82) is 0 Å². The number of thiophene rings is 1. The molecule has 162 valence electrons. The molecule has 0 saturated carbocycles. The number of fused-ring (bicyclic) bond motifs is 2. The van der Waals surface area contributed by atoms with Crippen LogP contribution in [-0.2, 0) is 17.8 Å². The molecule has 0 fully saturated rings. The third kappa shape index (κ3) is 3.86. The second-order valence-electron chi connectivity index (χ2n) is 7.63. The highest BCUT2D eigenvalue weighted by Gasteiger charge is 2.21. The average molecular weight is 441 g/mol. The van der Waals surface area contributed by atoms with Crippen LogP contribution >= 0.6 is 11.3 Å². The van der Waals surface area contributed by atoms with Gasteiger partial charge in [0.2, 0.25) is 0 Å². The summed E-state index contributed by atoms with van der Waals surface area (Å²) < 4.78 is 8.34. The second-order valence-corrected chi connectivity index (χ2v) is 8.63. The summed E-state index contributed by atoms with van der Waals surface area (Å²) in [6.45, 7) is 8.17. The van der Waals surface area contributed by atoms with Crippen LogP contribution in [0.15, 0.2) is 29.6 Å². The van der Waals surface area contributed by atoms with Crippen LogP contribution < -0.4 is 5.56 Å². The van der Waals surface area contributed by atoms with E-state index in [-0.39, 0.29) is 18.7 Å². The first-order valence-electron chi connectivity index (χ1n) is 10.1. The highest BCUT2D eigenvalue weighted by Crippen LogP contribution is 2.27. The zero-order chi connectivity index (χ0) is 22.3. The van der Waals surface area contributed by atoms with E-state index in [2.05, 4.69) is 16.0 Å². The molecule has 1 N–H and O–H groups in total. The minimum Gasteiger partial charge on any atom is -0.462 e. The number of aliphatic hydroxyl groups excluding tert-OH is 1. The van der Waals surface area contributed by atoms with Crippen molar-refractivity contribution in [2.24, 2.45) is 0 Å². The molecule has 3 heterocycles. The molecule has 0 bridgehead atoms. The molecule has 0 aliphatic carbocycles. The molecule has 9 heteroatoms. The van der Waals surface area contributed by atoms with Gasteiger partial charge in [-0.3, -0.25) is 9.36 Å². The van der Waals surface area contributed by atoms with Gasteiger partial charge in [0.15, 0.2) is 0 Å². The number of rotatable bonds is 6. The topological polar surface area (TPSA) is 99.2 Å². The average Bonchev–Trinajstić information content (AvgIpc) is 3.26. The number of aromatic nitrogens is 4. The van der Waals surface area contributed by atoms with Crippen molar-refractivity contribution in [3.05, 3.63) is 56.7 Å². The normalized spacial score (nSPS) is 12.5. The molecule has 8 nitrogen and oxygen atoms in total. The summed E-state index contributed by atoms with van der Waals surface area (Å²) in [6, 6.07) is 4.08. The molecule has 0 radical (unpaired) electrons. The molecule has 1 unspecified atom stereocenters. The van der Waals surface area contributed by atoms with E-state index in [0.717, 1.165) is 33.5 Å². The minimum atomic E-state index is -0.820. The van der Waals surface area contributed by atoms with E-state index in [4.69, 9.17) is 4.74 Å². The van der Waals surface area contributed by atoms with Crippen molar-refractivity contribution < 1.29 is 14.6 Å². The molecule has 0 aliphatic heterocycles. The van der Waals surface area contributed by atoms with Gasteiger partial charge in [-0.05, 0) is 56.5 Å². The zero-order valence-electron chi connectivity index (χ0n) is 17.9. The number of nitrogens with zero attached hydrogens (tertiary/aromatic N) is 4. The predicted molar refractivity (Wildman–Crippen MR) is 120 cm³/mol. The molecule has 3 aromatic heterocycles. The van der Waals surface area contributed by atoms with Crippen LogP contribution in [0.3, 0.4) is 0 Å². The molecular formula is C22H24N4O4S. The number of aryl methyl sites for hydroxylation is 3. The van der Waals surface area contributed by atoms with Gasteiger partial charge in [-0.2, -0.15) is 0 Å². The number of hydrogen-bond acceptors (Lipinski definition) is 7. The van der Waals surface area contributed by atoms with E-state index in [9.17, 15) is 14.7 Å². The maximum absolute atomic E-state index is 13.0. The molecule has 0 aliphatic rings. The summed E-state index contributed by atoms with van der Waals surface area (Å²) in [4.78, 5) is 34.8. The van der Waals surface area contributed by atoms with Crippen molar-refractivity contribution in [1.82, 2.24) is 19.1 Å². The maximum Gasteiger partial charge on any atom is 0.348 e. The molecule has 0 amide bonds. The first-order valence-corrected chi connectivity index (χ1v) is 10.9. The van der Waals surface area contributed by atoms with E-state index < -0.39 is 12.1 Å². The number of carbonyl (C=O) groups excluding carboxylic acids is 1. The van der Waals surface area contributed by atoms with Gasteiger partial charge in [0.25, 0.3) is 5.56 Å². The largest absolute Gasteiger partial charge is 0.462 e. The first kappa shape index (κ1) is 21.2. The standard InChI is InChI=1S/C22H24N4O4S/c1-5-30-22(29)19-14(4)18-20(31-19)24-11-26(21(18)28)9-15(27)8-25-10-23-16-6-12(2)13(3)7-17(16)25/h6-7,10-11,15,27H,5,8-9H2,1-4H3. The molecule has 0 saturated heterocycles. The van der Waals surface area contributed by atoms with Gasteiger partial charge in [0.05, 0.1) is 54.9 Å². The SMILES string of the molecule is CCOC(=O)c1sc2ncn(CC(O)Cn3cnc4cc(C)c(C)cc43)c(=O)c2c1C. The highest BCUT2D eigenvalue weighted by molar-refractivity contribution is 7.20. The van der Waals surface area contributed by atoms with Gasteiger partial charge in [-0.25, -0.2) is 14.8 Å². The third-order valence-corrected chi connectivity index (χ3v) is 6.61. The Kier molecular flexibility index (Phi) is 5.63. The van der Waals surface area contributed by atoms with Crippen LogP contribution in [0.1, 0.15) is 33.3 Å². The van der Waals surface area contributed by atoms with E-state index in [1.165, 1.54) is 10.9 Å². The van der Waals surface area contributed by atoms with Gasteiger partial charge in [-0.15, -0.1) is 11.3 Å². The Morgan fingerprint density at radius 1 is 1.13 bits per heavy atom. The highest BCUT2D eigenvalue weighted by atomic mass is 32.1. The van der Waals surface area contributed by atoms with Crippen molar-refractivity contribution in [2.75, 3.05) is 6.61 Å². The fourth-order valence-electron chi connectivity index (χ4n) is 3.65. The van der Waals surface area contributed by atoms with Gasteiger partial charge < -0.3 is 14.4 Å². The van der Waals surface area contributed by atoms with E-state index >= 15 is 0 Å². The maximum atomic E-state index is 13.0. The fourth-order valence-corrected chi connectivity index (χ4v) is 4.68. The first-order chi connectivity index (χ1) is 14.8. The number of ether oxygens (including phenoxy) is 1. The van der Waals surface area contributed by atoms with Gasteiger partial charge >= 0.3 is 5.97 Å². The minimum absolute atomic E-state index is 0.0797. The quantitative estimate of drug-likeness (QED) is 0.463. The number of esters is 1. The lowest BCUT2D eigenvalue weighted by Crippen LogP contribution is -2.29. The van der Waals surface area contributed by atoms with Crippen LogP contribution in [-0.4, -0.2) is 42.9 Å². The summed E-state index contributed by atoms with van der Waals surface area (Å²) in [7, 11) is 0. The lowest BCUT2D eigenvalue weighted by atomic mass is 10.1. The van der Waals surface area contributed by atoms with Crippen LogP contribution in [0.5, 0.6) is 0 Å².